The largest absolute Gasteiger partial charge is 0.506 e. The molecule has 6 heteroatoms. The Kier molecular flexibility index (Phi) is 4.00. The second-order valence-electron chi connectivity index (χ2n) is 6.05. The summed E-state index contributed by atoms with van der Waals surface area (Å²) in [4.78, 5) is 5.44. The summed E-state index contributed by atoms with van der Waals surface area (Å²) in [5.41, 5.74) is 7.63. The maximum Gasteiger partial charge on any atom is 0.202 e. The lowest BCUT2D eigenvalue weighted by Crippen LogP contribution is -2.13. The van der Waals surface area contributed by atoms with Crippen molar-refractivity contribution in [2.24, 2.45) is 0 Å². The lowest BCUT2D eigenvalue weighted by molar-refractivity contribution is 0.448. The van der Waals surface area contributed by atoms with Gasteiger partial charge in [-0.1, -0.05) is 20.8 Å². The molecule has 1 aromatic heterocycles. The first-order valence-corrected chi connectivity index (χ1v) is 7.52. The molecule has 0 saturated carbocycles. The number of nitrogens with one attached hydrogen (secondary N) is 2. The van der Waals surface area contributed by atoms with Crippen LogP contribution in [0.25, 0.3) is 0 Å². The number of hydrogen-bond donors (Lipinski definition) is 4. The SMILES string of the molecule is Cc1nc(NNc2c(O)cc(C(C)(C)C)cc2O)sc1C. The van der Waals surface area contributed by atoms with E-state index in [0.717, 1.165) is 16.1 Å². The highest BCUT2D eigenvalue weighted by molar-refractivity contribution is 7.15. The molecule has 0 atom stereocenters. The minimum absolute atomic E-state index is 0.00238. The van der Waals surface area contributed by atoms with Crippen molar-refractivity contribution < 1.29 is 10.2 Å². The topological polar surface area (TPSA) is 77.4 Å². The summed E-state index contributed by atoms with van der Waals surface area (Å²) in [5.74, 6) is -0.00477. The number of thiazole rings is 1. The van der Waals surface area contributed by atoms with Gasteiger partial charge in [0.2, 0.25) is 5.13 Å². The fourth-order valence-electron chi connectivity index (χ4n) is 1.82. The molecule has 0 unspecified atom stereocenters. The standard InChI is InChI=1S/C15H21N3O2S/c1-8-9(2)21-14(16-8)18-17-13-11(19)6-10(7-12(13)20)15(3,4)5/h6-7,17,19-20H,1-5H3,(H,16,18). The third-order valence-electron chi connectivity index (χ3n) is 3.29. The number of benzene rings is 1. The molecule has 0 bridgehead atoms. The summed E-state index contributed by atoms with van der Waals surface area (Å²) >= 11 is 1.50. The molecule has 4 N–H and O–H groups in total. The fourth-order valence-corrected chi connectivity index (χ4v) is 2.58. The molecular formula is C15H21N3O2S. The molecule has 0 aliphatic carbocycles. The van der Waals surface area contributed by atoms with E-state index < -0.39 is 0 Å². The van der Waals surface area contributed by atoms with Crippen LogP contribution in [0.15, 0.2) is 12.1 Å². The van der Waals surface area contributed by atoms with Gasteiger partial charge in [0.15, 0.2) is 0 Å². The third-order valence-corrected chi connectivity index (χ3v) is 4.27. The van der Waals surface area contributed by atoms with E-state index in [9.17, 15) is 10.2 Å². The number of aromatic hydroxyl groups is 2. The van der Waals surface area contributed by atoms with Crippen LogP contribution in [0.3, 0.4) is 0 Å². The second-order valence-corrected chi connectivity index (χ2v) is 7.25. The number of aryl methyl sites for hydroxylation is 2. The van der Waals surface area contributed by atoms with E-state index in [0.29, 0.717) is 5.13 Å². The zero-order chi connectivity index (χ0) is 15.8. The number of phenols is 2. The van der Waals surface area contributed by atoms with Crippen LogP contribution in [0, 0.1) is 13.8 Å². The Labute approximate surface area is 128 Å². The molecule has 2 rings (SSSR count). The highest BCUT2D eigenvalue weighted by Crippen LogP contribution is 2.38. The molecule has 0 radical (unpaired) electrons. The number of aromatic nitrogens is 1. The van der Waals surface area contributed by atoms with Crippen LogP contribution >= 0.6 is 11.3 Å². The van der Waals surface area contributed by atoms with Crippen LogP contribution < -0.4 is 10.9 Å². The number of phenolic OH excluding ortho intramolecular Hbond substituents is 2. The molecule has 0 fully saturated rings. The number of anilines is 2. The molecule has 0 amide bonds. The van der Waals surface area contributed by atoms with Crippen molar-refractivity contribution in [1.82, 2.24) is 4.98 Å². The number of hydrogen-bond acceptors (Lipinski definition) is 6. The van der Waals surface area contributed by atoms with E-state index in [1.807, 2.05) is 34.6 Å². The Morgan fingerprint density at radius 2 is 1.62 bits per heavy atom. The Morgan fingerprint density at radius 3 is 2.05 bits per heavy atom. The van der Waals surface area contributed by atoms with Gasteiger partial charge < -0.3 is 10.2 Å². The van der Waals surface area contributed by atoms with Crippen molar-refractivity contribution in [3.05, 3.63) is 28.3 Å². The first-order chi connectivity index (χ1) is 9.68. The van der Waals surface area contributed by atoms with Crippen molar-refractivity contribution in [3.63, 3.8) is 0 Å². The first-order valence-electron chi connectivity index (χ1n) is 6.71. The molecule has 114 valence electrons. The van der Waals surface area contributed by atoms with Crippen molar-refractivity contribution in [3.8, 4) is 11.5 Å². The normalized spacial score (nSPS) is 11.5. The Balaban J connectivity index is 2.21. The van der Waals surface area contributed by atoms with Gasteiger partial charge in [-0.05, 0) is 37.0 Å². The van der Waals surface area contributed by atoms with Crippen molar-refractivity contribution in [2.75, 3.05) is 10.9 Å². The van der Waals surface area contributed by atoms with Crippen LogP contribution in [0.1, 0.15) is 36.9 Å². The van der Waals surface area contributed by atoms with Crippen LogP contribution in [-0.2, 0) is 5.41 Å². The quantitative estimate of drug-likeness (QED) is 0.511. The van der Waals surface area contributed by atoms with Crippen molar-refractivity contribution >= 4 is 22.2 Å². The monoisotopic (exact) mass is 307 g/mol. The summed E-state index contributed by atoms with van der Waals surface area (Å²) in [5, 5.41) is 20.9. The van der Waals surface area contributed by atoms with Gasteiger partial charge in [-0.15, -0.1) is 11.3 Å². The smallest absolute Gasteiger partial charge is 0.202 e. The predicted molar refractivity (Wildman–Crippen MR) is 87.3 cm³/mol. The van der Waals surface area contributed by atoms with Gasteiger partial charge in [0.1, 0.15) is 17.2 Å². The molecule has 5 nitrogen and oxygen atoms in total. The minimum Gasteiger partial charge on any atom is -0.506 e. The summed E-state index contributed by atoms with van der Waals surface area (Å²) in [6, 6.07) is 3.31. The first kappa shape index (κ1) is 15.4. The van der Waals surface area contributed by atoms with Crippen LogP contribution in [-0.4, -0.2) is 15.2 Å². The Morgan fingerprint density at radius 1 is 1.05 bits per heavy atom. The summed E-state index contributed by atoms with van der Waals surface area (Å²) < 4.78 is 0. The number of rotatable bonds is 3. The van der Waals surface area contributed by atoms with E-state index in [4.69, 9.17) is 0 Å². The van der Waals surface area contributed by atoms with Crippen LogP contribution in [0.2, 0.25) is 0 Å². The molecule has 21 heavy (non-hydrogen) atoms. The van der Waals surface area contributed by atoms with E-state index in [1.54, 1.807) is 12.1 Å². The van der Waals surface area contributed by atoms with Gasteiger partial charge in [-0.2, -0.15) is 0 Å². The van der Waals surface area contributed by atoms with Gasteiger partial charge in [-0.25, -0.2) is 4.98 Å². The molecule has 0 saturated heterocycles. The Bertz CT molecular complexity index is 617. The summed E-state index contributed by atoms with van der Waals surface area (Å²) in [7, 11) is 0. The van der Waals surface area contributed by atoms with Crippen molar-refractivity contribution in [2.45, 2.75) is 40.0 Å². The van der Waals surface area contributed by atoms with Crippen LogP contribution in [0.5, 0.6) is 11.5 Å². The second kappa shape index (κ2) is 5.44. The molecule has 0 aliphatic rings. The minimum atomic E-state index is -0.148. The molecule has 0 aliphatic heterocycles. The average Bonchev–Trinajstić information content (AvgIpc) is 2.66. The zero-order valence-electron chi connectivity index (χ0n) is 12.9. The van der Waals surface area contributed by atoms with Gasteiger partial charge in [0.25, 0.3) is 0 Å². The Hall–Kier alpha value is -1.95. The van der Waals surface area contributed by atoms with E-state index in [-0.39, 0.29) is 22.6 Å². The third kappa shape index (κ3) is 3.39. The highest BCUT2D eigenvalue weighted by atomic mass is 32.1. The number of hydrazine groups is 1. The maximum atomic E-state index is 10.1. The maximum absolute atomic E-state index is 10.1. The molecule has 2 aromatic rings. The summed E-state index contributed by atoms with van der Waals surface area (Å²) in [6.07, 6.45) is 0. The average molecular weight is 307 g/mol. The molecular weight excluding hydrogens is 286 g/mol. The lowest BCUT2D eigenvalue weighted by Gasteiger charge is -2.21. The fraction of sp³-hybridized carbons (Fsp3) is 0.400. The van der Waals surface area contributed by atoms with E-state index in [1.165, 1.54) is 11.3 Å². The molecule has 1 aromatic carbocycles. The van der Waals surface area contributed by atoms with E-state index >= 15 is 0 Å². The van der Waals surface area contributed by atoms with E-state index in [2.05, 4.69) is 15.8 Å². The molecule has 1 heterocycles. The van der Waals surface area contributed by atoms with Gasteiger partial charge in [-0.3, -0.25) is 10.9 Å². The van der Waals surface area contributed by atoms with Gasteiger partial charge >= 0.3 is 0 Å². The predicted octanol–water partition coefficient (Wildman–Crippen LogP) is 3.91. The van der Waals surface area contributed by atoms with Crippen LogP contribution in [0.4, 0.5) is 10.8 Å². The van der Waals surface area contributed by atoms with Gasteiger partial charge in [0, 0.05) is 4.88 Å². The highest BCUT2D eigenvalue weighted by Gasteiger charge is 2.18. The summed E-state index contributed by atoms with van der Waals surface area (Å²) in [6.45, 7) is 9.99. The zero-order valence-corrected chi connectivity index (χ0v) is 13.7. The molecule has 0 spiro atoms. The lowest BCUT2D eigenvalue weighted by atomic mass is 9.86. The number of nitrogens with zero attached hydrogens (tertiary/aromatic N) is 1. The van der Waals surface area contributed by atoms with Gasteiger partial charge in [0.05, 0.1) is 5.69 Å². The van der Waals surface area contributed by atoms with Crippen molar-refractivity contribution in [1.29, 1.82) is 0 Å².